The fraction of sp³-hybridized carbons (Fsp3) is 1.00. The van der Waals surface area contributed by atoms with Crippen LogP contribution in [0.1, 0.15) is 20.8 Å². The van der Waals surface area contributed by atoms with Crippen LogP contribution >= 0.6 is 0 Å². The summed E-state index contributed by atoms with van der Waals surface area (Å²) >= 11 is 0. The maximum atomic E-state index is 11.3. The maximum Gasteiger partial charge on any atom is 0.264 e. The van der Waals surface area contributed by atoms with E-state index in [9.17, 15) is 8.42 Å². The topological polar surface area (TPSA) is 43.4 Å². The van der Waals surface area contributed by atoms with Crippen molar-refractivity contribution in [3.05, 3.63) is 0 Å². The minimum Gasteiger partial charge on any atom is -0.265 e. The molecule has 0 heterocycles. The molecule has 0 atom stereocenters. The molecule has 0 radical (unpaired) electrons. The summed E-state index contributed by atoms with van der Waals surface area (Å²) in [4.78, 5) is 0. The van der Waals surface area contributed by atoms with Crippen molar-refractivity contribution in [3.8, 4) is 0 Å². The predicted octanol–water partition coefficient (Wildman–Crippen LogP) is 1.16. The second kappa shape index (κ2) is 3.89. The van der Waals surface area contributed by atoms with Gasteiger partial charge in [0.1, 0.15) is 0 Å². The minimum absolute atomic E-state index is 0.226. The fourth-order valence-electron chi connectivity index (χ4n) is 0.823. The molecular formula is C7H18O3SSi. The summed E-state index contributed by atoms with van der Waals surface area (Å²) in [6.07, 6.45) is 0. The van der Waals surface area contributed by atoms with Crippen LogP contribution in [0.5, 0.6) is 0 Å². The van der Waals surface area contributed by atoms with Crippen molar-refractivity contribution in [3.63, 3.8) is 0 Å². The van der Waals surface area contributed by atoms with Gasteiger partial charge in [0, 0.05) is 0 Å². The average molecular weight is 210 g/mol. The van der Waals surface area contributed by atoms with Crippen LogP contribution in [0, 0.1) is 0 Å². The average Bonchev–Trinajstić information content (AvgIpc) is 1.48. The van der Waals surface area contributed by atoms with Crippen LogP contribution in [0.4, 0.5) is 0 Å². The van der Waals surface area contributed by atoms with Crippen LogP contribution in [-0.4, -0.2) is 28.2 Å². The van der Waals surface area contributed by atoms with E-state index in [1.807, 2.05) is 13.1 Å². The molecule has 74 valence electrons. The Morgan fingerprint density at radius 3 is 1.92 bits per heavy atom. The summed E-state index contributed by atoms with van der Waals surface area (Å²) < 4.78 is 27.5. The van der Waals surface area contributed by atoms with Gasteiger partial charge in [-0.05, 0) is 20.8 Å². The number of hydrogen-bond donors (Lipinski definition) is 0. The number of rotatable bonds is 3. The smallest absolute Gasteiger partial charge is 0.264 e. The molecule has 0 spiro atoms. The number of hydrogen-bond acceptors (Lipinski definition) is 3. The van der Waals surface area contributed by atoms with Crippen LogP contribution < -0.4 is 0 Å². The van der Waals surface area contributed by atoms with E-state index in [1.165, 1.54) is 0 Å². The van der Waals surface area contributed by atoms with Gasteiger partial charge in [-0.25, -0.2) is 0 Å². The van der Waals surface area contributed by atoms with E-state index in [-0.39, 0.29) is 5.38 Å². The Morgan fingerprint density at radius 2 is 1.67 bits per heavy atom. The highest BCUT2D eigenvalue weighted by molar-refractivity contribution is 7.88. The molecule has 0 aromatic rings. The van der Waals surface area contributed by atoms with Gasteiger partial charge >= 0.3 is 0 Å². The third-order valence-corrected chi connectivity index (χ3v) is 5.97. The van der Waals surface area contributed by atoms with Gasteiger partial charge in [-0.15, -0.1) is 0 Å². The van der Waals surface area contributed by atoms with Crippen LogP contribution in [0.25, 0.3) is 0 Å². The molecule has 0 aliphatic heterocycles. The standard InChI is InChI=1S/C7H18O3SSi/c1-7(2,3)10-11(8,9)6-12(4)5/h12H,6H2,1-5H3. The van der Waals surface area contributed by atoms with Gasteiger partial charge in [0.15, 0.2) is 0 Å². The van der Waals surface area contributed by atoms with Crippen molar-refractivity contribution < 1.29 is 12.6 Å². The first-order valence-electron chi connectivity index (χ1n) is 4.06. The van der Waals surface area contributed by atoms with Crippen molar-refractivity contribution >= 4 is 18.9 Å². The zero-order valence-electron chi connectivity index (χ0n) is 8.42. The summed E-state index contributed by atoms with van der Waals surface area (Å²) in [6, 6.07) is 0. The molecule has 0 saturated carbocycles. The zero-order chi connectivity index (χ0) is 9.99. The van der Waals surface area contributed by atoms with Gasteiger partial charge in [0.05, 0.1) is 19.8 Å². The Balaban J connectivity index is 4.26. The highest BCUT2D eigenvalue weighted by Crippen LogP contribution is 2.12. The Hall–Kier alpha value is 0.127. The molecule has 0 aliphatic carbocycles. The molecule has 0 fully saturated rings. The molecule has 0 saturated heterocycles. The van der Waals surface area contributed by atoms with Crippen molar-refractivity contribution in [1.82, 2.24) is 0 Å². The van der Waals surface area contributed by atoms with E-state index in [2.05, 4.69) is 0 Å². The lowest BCUT2D eigenvalue weighted by Crippen LogP contribution is -2.29. The van der Waals surface area contributed by atoms with Crippen molar-refractivity contribution in [2.24, 2.45) is 0 Å². The molecule has 5 heteroatoms. The monoisotopic (exact) mass is 210 g/mol. The Labute approximate surface area is 76.9 Å². The first kappa shape index (κ1) is 12.1. The lowest BCUT2D eigenvalue weighted by Gasteiger charge is -2.19. The van der Waals surface area contributed by atoms with Gasteiger partial charge in [-0.1, -0.05) is 13.1 Å². The molecule has 0 aliphatic rings. The SMILES string of the molecule is C[SiH](C)CS(=O)(=O)OC(C)(C)C. The second-order valence-electron chi connectivity index (χ2n) is 4.31. The lowest BCUT2D eigenvalue weighted by molar-refractivity contribution is 0.141. The highest BCUT2D eigenvalue weighted by atomic mass is 32.2. The maximum absolute atomic E-state index is 11.3. The summed E-state index contributed by atoms with van der Waals surface area (Å²) in [6.45, 7) is 9.21. The van der Waals surface area contributed by atoms with E-state index in [0.29, 0.717) is 0 Å². The molecule has 0 rings (SSSR count). The van der Waals surface area contributed by atoms with Crippen LogP contribution in [-0.2, 0) is 14.3 Å². The highest BCUT2D eigenvalue weighted by Gasteiger charge is 2.22. The third-order valence-electron chi connectivity index (χ3n) is 0.914. The molecule has 12 heavy (non-hydrogen) atoms. The molecule has 3 nitrogen and oxygen atoms in total. The van der Waals surface area contributed by atoms with E-state index in [4.69, 9.17) is 4.18 Å². The molecule has 0 bridgehead atoms. The Morgan fingerprint density at radius 1 is 1.25 bits per heavy atom. The fourth-order valence-corrected chi connectivity index (χ4v) is 5.12. The van der Waals surface area contributed by atoms with Gasteiger partial charge in [-0.2, -0.15) is 8.42 Å². The quantitative estimate of drug-likeness (QED) is 0.518. The lowest BCUT2D eigenvalue weighted by atomic mass is 10.2. The molecule has 0 aromatic carbocycles. The van der Waals surface area contributed by atoms with Crippen molar-refractivity contribution in [2.75, 3.05) is 5.38 Å². The minimum atomic E-state index is -3.28. The predicted molar refractivity (Wildman–Crippen MR) is 53.5 cm³/mol. The Bertz CT molecular complexity index is 226. The Kier molecular flexibility index (Phi) is 3.93. The first-order valence-corrected chi connectivity index (χ1v) is 8.76. The van der Waals surface area contributed by atoms with Crippen LogP contribution in [0.2, 0.25) is 13.1 Å². The largest absolute Gasteiger partial charge is 0.265 e. The van der Waals surface area contributed by atoms with Gasteiger partial charge in [0.25, 0.3) is 10.1 Å². The van der Waals surface area contributed by atoms with E-state index in [1.54, 1.807) is 20.8 Å². The van der Waals surface area contributed by atoms with E-state index >= 15 is 0 Å². The van der Waals surface area contributed by atoms with E-state index < -0.39 is 24.5 Å². The van der Waals surface area contributed by atoms with Gasteiger partial charge in [0.2, 0.25) is 0 Å². The summed E-state index contributed by atoms with van der Waals surface area (Å²) in [7, 11) is -4.37. The first-order chi connectivity index (χ1) is 5.12. The zero-order valence-corrected chi connectivity index (χ0v) is 10.4. The van der Waals surface area contributed by atoms with E-state index in [0.717, 1.165) is 0 Å². The third kappa shape index (κ3) is 6.81. The molecule has 0 N–H and O–H groups in total. The molecule has 0 amide bonds. The molecule has 0 unspecified atom stereocenters. The molecule has 0 aromatic heterocycles. The van der Waals surface area contributed by atoms with Gasteiger partial charge in [-0.3, -0.25) is 4.18 Å². The van der Waals surface area contributed by atoms with Crippen molar-refractivity contribution in [2.45, 2.75) is 39.5 Å². The van der Waals surface area contributed by atoms with Gasteiger partial charge < -0.3 is 0 Å². The summed E-state index contributed by atoms with van der Waals surface area (Å²) in [5.74, 6) is 0. The van der Waals surface area contributed by atoms with Crippen molar-refractivity contribution in [1.29, 1.82) is 0 Å². The normalized spacial score (nSPS) is 13.8. The van der Waals surface area contributed by atoms with Crippen LogP contribution in [0.15, 0.2) is 0 Å². The second-order valence-corrected chi connectivity index (χ2v) is 9.72. The molecular weight excluding hydrogens is 192 g/mol. The van der Waals surface area contributed by atoms with Crippen LogP contribution in [0.3, 0.4) is 0 Å². The summed E-state index contributed by atoms with van der Waals surface area (Å²) in [5, 5.41) is 0.226. The summed E-state index contributed by atoms with van der Waals surface area (Å²) in [5.41, 5.74) is -0.595.